The lowest BCUT2D eigenvalue weighted by molar-refractivity contribution is 0.780. The van der Waals surface area contributed by atoms with Gasteiger partial charge in [0.15, 0.2) is 0 Å². The number of anilines is 3. The van der Waals surface area contributed by atoms with E-state index >= 15 is 0 Å². The minimum Gasteiger partial charge on any atom is -0.371 e. The maximum atomic E-state index is 4.66. The highest BCUT2D eigenvalue weighted by atomic mass is 79.9. The molecule has 1 N–H and O–H groups in total. The molecule has 110 valence electrons. The van der Waals surface area contributed by atoms with Crippen LogP contribution in [-0.4, -0.2) is 32.2 Å². The van der Waals surface area contributed by atoms with Gasteiger partial charge in [0.2, 0.25) is 0 Å². The maximum absolute atomic E-state index is 4.66. The molecule has 0 amide bonds. The van der Waals surface area contributed by atoms with Crippen molar-refractivity contribution in [3.8, 4) is 0 Å². The molecule has 0 fully saturated rings. The molecule has 1 aliphatic heterocycles. The molecule has 0 aliphatic carbocycles. The molecule has 0 saturated carbocycles. The highest BCUT2D eigenvalue weighted by Crippen LogP contribution is 2.37. The van der Waals surface area contributed by atoms with Crippen LogP contribution in [0, 0.1) is 0 Å². The molecule has 5 heteroatoms. The average Bonchev–Trinajstić information content (AvgIpc) is 2.49. The molecule has 1 aliphatic rings. The van der Waals surface area contributed by atoms with Crippen molar-refractivity contribution in [3.63, 3.8) is 0 Å². The summed E-state index contributed by atoms with van der Waals surface area (Å²) in [6.45, 7) is 2.74. The Kier molecular flexibility index (Phi) is 4.12. The number of pyridine rings is 1. The molecule has 0 radical (unpaired) electrons. The van der Waals surface area contributed by atoms with Crippen LogP contribution in [-0.2, 0) is 6.54 Å². The third-order valence-electron chi connectivity index (χ3n) is 3.78. The molecular formula is C16H19BrN4. The number of halogens is 1. The van der Waals surface area contributed by atoms with Crippen molar-refractivity contribution in [3.05, 3.63) is 46.6 Å². The fourth-order valence-electron chi connectivity index (χ4n) is 2.76. The summed E-state index contributed by atoms with van der Waals surface area (Å²) in [5, 5.41) is 3.23. The number of para-hydroxylation sites is 2. The number of likely N-dealkylation sites (N-methyl/N-ethyl adjacent to an activating group) is 1. The van der Waals surface area contributed by atoms with Gasteiger partial charge < -0.3 is 15.1 Å². The number of benzene rings is 1. The lowest BCUT2D eigenvalue weighted by Crippen LogP contribution is -2.37. The van der Waals surface area contributed by atoms with Crippen LogP contribution < -0.4 is 15.1 Å². The zero-order valence-corrected chi connectivity index (χ0v) is 13.9. The first kappa shape index (κ1) is 14.4. The monoisotopic (exact) mass is 346 g/mol. The van der Waals surface area contributed by atoms with Crippen molar-refractivity contribution in [2.75, 3.05) is 37.0 Å². The second kappa shape index (κ2) is 6.03. The number of nitrogens with zero attached hydrogens (tertiary/aromatic N) is 3. The summed E-state index contributed by atoms with van der Waals surface area (Å²) >= 11 is 3.51. The molecule has 0 saturated heterocycles. The average molecular weight is 347 g/mol. The SMILES string of the molecule is CNCc1cc(Br)cnc1N1CCN(C)c2ccccc21. The molecule has 21 heavy (non-hydrogen) atoms. The van der Waals surface area contributed by atoms with Gasteiger partial charge in [-0.2, -0.15) is 0 Å². The van der Waals surface area contributed by atoms with Gasteiger partial charge in [0.1, 0.15) is 5.82 Å². The zero-order chi connectivity index (χ0) is 14.8. The van der Waals surface area contributed by atoms with Crippen LogP contribution in [0.2, 0.25) is 0 Å². The van der Waals surface area contributed by atoms with Crippen molar-refractivity contribution in [1.29, 1.82) is 0 Å². The molecule has 0 atom stereocenters. The van der Waals surface area contributed by atoms with Gasteiger partial charge in [0.25, 0.3) is 0 Å². The van der Waals surface area contributed by atoms with E-state index < -0.39 is 0 Å². The van der Waals surface area contributed by atoms with Crippen LogP contribution in [0.3, 0.4) is 0 Å². The lowest BCUT2D eigenvalue weighted by Gasteiger charge is -2.37. The topological polar surface area (TPSA) is 31.4 Å². The van der Waals surface area contributed by atoms with Gasteiger partial charge in [-0.15, -0.1) is 0 Å². The third-order valence-corrected chi connectivity index (χ3v) is 4.21. The van der Waals surface area contributed by atoms with Crippen LogP contribution >= 0.6 is 15.9 Å². The Bertz CT molecular complexity index is 644. The second-order valence-electron chi connectivity index (χ2n) is 5.23. The Morgan fingerprint density at radius 2 is 2.00 bits per heavy atom. The first-order valence-corrected chi connectivity index (χ1v) is 7.86. The number of hydrogen-bond donors (Lipinski definition) is 1. The molecule has 2 aromatic rings. The van der Waals surface area contributed by atoms with E-state index in [1.54, 1.807) is 0 Å². The highest BCUT2D eigenvalue weighted by Gasteiger charge is 2.23. The predicted octanol–water partition coefficient (Wildman–Crippen LogP) is 3.15. The first-order valence-electron chi connectivity index (χ1n) is 7.07. The predicted molar refractivity (Wildman–Crippen MR) is 91.4 cm³/mol. The highest BCUT2D eigenvalue weighted by molar-refractivity contribution is 9.10. The fourth-order valence-corrected chi connectivity index (χ4v) is 3.14. The van der Waals surface area contributed by atoms with Crippen LogP contribution in [0.25, 0.3) is 0 Å². The molecule has 3 rings (SSSR count). The number of rotatable bonds is 3. The van der Waals surface area contributed by atoms with E-state index in [4.69, 9.17) is 0 Å². The fraction of sp³-hybridized carbons (Fsp3) is 0.312. The maximum Gasteiger partial charge on any atom is 0.137 e. The van der Waals surface area contributed by atoms with Crippen molar-refractivity contribution in [2.45, 2.75) is 6.54 Å². The van der Waals surface area contributed by atoms with Gasteiger partial charge >= 0.3 is 0 Å². The standard InChI is InChI=1S/C16H19BrN4/c1-18-10-12-9-13(17)11-19-16(12)21-8-7-20(2)14-5-3-4-6-15(14)21/h3-6,9,11,18H,7-8,10H2,1-2H3. The largest absolute Gasteiger partial charge is 0.371 e. The summed E-state index contributed by atoms with van der Waals surface area (Å²) in [7, 11) is 4.10. The molecule has 1 aromatic heterocycles. The Hall–Kier alpha value is -1.59. The van der Waals surface area contributed by atoms with Crippen LogP contribution in [0.15, 0.2) is 41.0 Å². The Morgan fingerprint density at radius 1 is 1.24 bits per heavy atom. The van der Waals surface area contributed by atoms with E-state index in [9.17, 15) is 0 Å². The summed E-state index contributed by atoms with van der Waals surface area (Å²) in [5.74, 6) is 1.04. The van der Waals surface area contributed by atoms with Crippen LogP contribution in [0.5, 0.6) is 0 Å². The van der Waals surface area contributed by atoms with Gasteiger partial charge in [-0.05, 0) is 41.2 Å². The first-order chi connectivity index (χ1) is 10.2. The Balaban J connectivity index is 2.07. The summed E-state index contributed by atoms with van der Waals surface area (Å²) < 4.78 is 1.01. The summed E-state index contributed by atoms with van der Waals surface area (Å²) in [5.41, 5.74) is 3.67. The Labute approximate surface area is 133 Å². The van der Waals surface area contributed by atoms with Crippen molar-refractivity contribution >= 4 is 33.1 Å². The number of hydrogen-bond acceptors (Lipinski definition) is 4. The van der Waals surface area contributed by atoms with E-state index in [1.807, 2.05) is 13.2 Å². The van der Waals surface area contributed by atoms with Gasteiger partial charge in [-0.25, -0.2) is 4.98 Å². The molecule has 2 heterocycles. The summed E-state index contributed by atoms with van der Waals surface area (Å²) in [6, 6.07) is 10.6. The van der Waals surface area contributed by atoms with Gasteiger partial charge in [-0.3, -0.25) is 0 Å². The van der Waals surface area contributed by atoms with E-state index in [0.717, 1.165) is 29.9 Å². The number of fused-ring (bicyclic) bond motifs is 1. The minimum absolute atomic E-state index is 0.802. The van der Waals surface area contributed by atoms with Crippen molar-refractivity contribution < 1.29 is 0 Å². The third kappa shape index (κ3) is 2.76. The van der Waals surface area contributed by atoms with E-state index in [1.165, 1.54) is 16.9 Å². The molecule has 0 spiro atoms. The van der Waals surface area contributed by atoms with Gasteiger partial charge in [-0.1, -0.05) is 12.1 Å². The zero-order valence-electron chi connectivity index (χ0n) is 12.3. The van der Waals surface area contributed by atoms with Gasteiger partial charge in [0, 0.05) is 42.9 Å². The molecule has 0 unspecified atom stereocenters. The van der Waals surface area contributed by atoms with E-state index in [2.05, 4.69) is 73.4 Å². The summed E-state index contributed by atoms with van der Waals surface area (Å²) in [6.07, 6.45) is 1.87. The number of aromatic nitrogens is 1. The molecule has 4 nitrogen and oxygen atoms in total. The van der Waals surface area contributed by atoms with Gasteiger partial charge in [0.05, 0.1) is 11.4 Å². The molecule has 1 aromatic carbocycles. The lowest BCUT2D eigenvalue weighted by atomic mass is 10.1. The Morgan fingerprint density at radius 3 is 2.76 bits per heavy atom. The minimum atomic E-state index is 0.802. The molecular weight excluding hydrogens is 328 g/mol. The second-order valence-corrected chi connectivity index (χ2v) is 6.14. The summed E-state index contributed by atoms with van der Waals surface area (Å²) in [4.78, 5) is 9.27. The van der Waals surface area contributed by atoms with E-state index in [-0.39, 0.29) is 0 Å². The normalized spacial score (nSPS) is 14.2. The molecule has 0 bridgehead atoms. The van der Waals surface area contributed by atoms with Crippen molar-refractivity contribution in [1.82, 2.24) is 10.3 Å². The quantitative estimate of drug-likeness (QED) is 0.924. The van der Waals surface area contributed by atoms with Crippen LogP contribution in [0.4, 0.5) is 17.2 Å². The van der Waals surface area contributed by atoms with Crippen molar-refractivity contribution in [2.24, 2.45) is 0 Å². The van der Waals surface area contributed by atoms with E-state index in [0.29, 0.717) is 0 Å². The number of nitrogens with one attached hydrogen (secondary N) is 1. The van der Waals surface area contributed by atoms with Crippen LogP contribution in [0.1, 0.15) is 5.56 Å². The smallest absolute Gasteiger partial charge is 0.137 e.